The van der Waals surface area contributed by atoms with Crippen molar-refractivity contribution in [2.45, 2.75) is 83.9 Å². The first-order valence-electron chi connectivity index (χ1n) is 16.9. The minimum atomic E-state index is -0.652. The Morgan fingerprint density at radius 2 is 1.75 bits per heavy atom. The van der Waals surface area contributed by atoms with Crippen LogP contribution in [-0.4, -0.2) is 77.0 Å². The van der Waals surface area contributed by atoms with Crippen molar-refractivity contribution in [1.82, 2.24) is 24.8 Å². The Labute approximate surface area is 283 Å². The summed E-state index contributed by atoms with van der Waals surface area (Å²) < 4.78 is 18.5. The van der Waals surface area contributed by atoms with E-state index in [-0.39, 0.29) is 18.2 Å². The van der Waals surface area contributed by atoms with Gasteiger partial charge in [0.25, 0.3) is 0 Å². The van der Waals surface area contributed by atoms with Gasteiger partial charge in [0.1, 0.15) is 5.60 Å². The van der Waals surface area contributed by atoms with E-state index in [0.29, 0.717) is 32.1 Å². The van der Waals surface area contributed by atoms with Crippen molar-refractivity contribution in [3.8, 4) is 17.1 Å². The smallest absolute Gasteiger partial charge is 0.407 e. The highest BCUT2D eigenvalue weighted by atomic mass is 16.6. The van der Waals surface area contributed by atoms with Crippen LogP contribution in [-0.2, 0) is 27.2 Å². The predicted molar refractivity (Wildman–Crippen MR) is 187 cm³/mol. The van der Waals surface area contributed by atoms with E-state index in [1.807, 2.05) is 49.9 Å². The third-order valence-corrected chi connectivity index (χ3v) is 8.89. The van der Waals surface area contributed by atoms with Gasteiger partial charge in [-0.1, -0.05) is 42.5 Å². The van der Waals surface area contributed by atoms with Gasteiger partial charge in [0.05, 0.1) is 7.11 Å². The molecule has 2 aromatic carbocycles. The highest BCUT2D eigenvalue weighted by molar-refractivity contribution is 5.85. The van der Waals surface area contributed by atoms with Crippen LogP contribution in [0.2, 0.25) is 0 Å². The molecule has 1 saturated heterocycles. The van der Waals surface area contributed by atoms with E-state index in [1.165, 1.54) is 29.3 Å². The number of carbonyl (C=O) groups excluding carboxylic acids is 2. The summed E-state index contributed by atoms with van der Waals surface area (Å²) in [5, 5.41) is 4.26. The van der Waals surface area contributed by atoms with Crippen LogP contribution in [0.5, 0.6) is 6.01 Å². The van der Waals surface area contributed by atoms with Gasteiger partial charge in [0.2, 0.25) is 5.91 Å². The number of hydrogen-bond donors (Lipinski definition) is 1. The molecule has 1 N–H and O–H groups in total. The Balaban J connectivity index is 1.32. The van der Waals surface area contributed by atoms with Crippen LogP contribution in [0.3, 0.4) is 0 Å². The number of alkyl carbamates (subject to hydrolysis) is 1. The number of carbonyl (C=O) groups is 2. The number of piperidine rings is 1. The summed E-state index contributed by atoms with van der Waals surface area (Å²) in [5.74, 6) is 0.261. The lowest BCUT2D eigenvalue weighted by atomic mass is 9.91. The predicted octanol–water partition coefficient (Wildman–Crippen LogP) is 6.68. The number of amides is 2. The molecule has 0 spiro atoms. The molecule has 10 nitrogen and oxygen atoms in total. The van der Waals surface area contributed by atoms with E-state index in [9.17, 15) is 9.59 Å². The maximum absolute atomic E-state index is 14.0. The molecule has 0 radical (unpaired) electrons. The van der Waals surface area contributed by atoms with Crippen LogP contribution in [0.1, 0.15) is 69.2 Å². The van der Waals surface area contributed by atoms with Gasteiger partial charge in [0.15, 0.2) is 0 Å². The van der Waals surface area contributed by atoms with Gasteiger partial charge in [-0.3, -0.25) is 4.79 Å². The molecule has 1 fully saturated rings. The number of nitrogens with one attached hydrogen (secondary N) is 1. The number of ether oxygens (including phenoxy) is 3. The van der Waals surface area contributed by atoms with E-state index < -0.39 is 17.7 Å². The molecule has 256 valence electrons. The fourth-order valence-electron chi connectivity index (χ4n) is 6.73. The van der Waals surface area contributed by atoms with Gasteiger partial charge < -0.3 is 29.0 Å². The van der Waals surface area contributed by atoms with Crippen molar-refractivity contribution in [2.75, 3.05) is 33.9 Å². The molecule has 1 unspecified atom stereocenters. The summed E-state index contributed by atoms with van der Waals surface area (Å²) in [7, 11) is 3.27. The van der Waals surface area contributed by atoms with Crippen molar-refractivity contribution in [3.63, 3.8) is 0 Å². The molecule has 5 rings (SSSR count). The monoisotopic (exact) mass is 655 g/mol. The summed E-state index contributed by atoms with van der Waals surface area (Å²) >= 11 is 0. The first kappa shape index (κ1) is 34.9. The van der Waals surface area contributed by atoms with E-state index in [1.54, 1.807) is 19.5 Å². The average Bonchev–Trinajstić information content (AvgIpc) is 3.35. The molecule has 48 heavy (non-hydrogen) atoms. The maximum Gasteiger partial charge on any atom is 0.407 e. The lowest BCUT2D eigenvalue weighted by molar-refractivity contribution is -0.132. The number of rotatable bonds is 12. The normalized spacial score (nSPS) is 15.7. The number of benzene rings is 2. The van der Waals surface area contributed by atoms with Crippen LogP contribution >= 0.6 is 0 Å². The molecule has 1 aliphatic heterocycles. The van der Waals surface area contributed by atoms with Crippen LogP contribution in [0.25, 0.3) is 22.0 Å². The first-order valence-corrected chi connectivity index (χ1v) is 16.9. The lowest BCUT2D eigenvalue weighted by Gasteiger charge is -2.35. The third kappa shape index (κ3) is 8.72. The molecule has 2 atom stereocenters. The van der Waals surface area contributed by atoms with Crippen molar-refractivity contribution in [1.29, 1.82) is 0 Å². The molecule has 3 heterocycles. The standard InChI is InChI=1S/C38H49N5O5/c1-26-32-12-7-8-13-33(32)43(19-10-20-46-5)35(26)29-11-9-18-42(25-29)34(44)22-31(41-37(45)48-38(2,3)4)21-27-14-16-28(17-15-27)30-23-39-36(47-6)40-24-30/h7-8,12-17,23-24,29,31H,9-11,18-22,25H2,1-6H3,(H,41,45)/t29?,31-/m1/s1. The van der Waals surface area contributed by atoms with Gasteiger partial charge in [-0.15, -0.1) is 0 Å². The molecule has 2 aromatic heterocycles. The number of fused-ring (bicyclic) bond motifs is 1. The van der Waals surface area contributed by atoms with Crippen LogP contribution < -0.4 is 10.1 Å². The van der Waals surface area contributed by atoms with Crippen LogP contribution in [0, 0.1) is 6.92 Å². The number of hydrogen-bond acceptors (Lipinski definition) is 7. The Kier molecular flexibility index (Phi) is 11.4. The summed E-state index contributed by atoms with van der Waals surface area (Å²) in [6.45, 7) is 10.6. The minimum Gasteiger partial charge on any atom is -0.467 e. The Morgan fingerprint density at radius 3 is 2.44 bits per heavy atom. The van der Waals surface area contributed by atoms with Crippen molar-refractivity contribution >= 4 is 22.9 Å². The highest BCUT2D eigenvalue weighted by Gasteiger charge is 2.31. The zero-order valence-electron chi connectivity index (χ0n) is 29.1. The summed E-state index contributed by atoms with van der Waals surface area (Å²) in [6.07, 6.45) is 6.44. The number of aromatic nitrogens is 3. The highest BCUT2D eigenvalue weighted by Crippen LogP contribution is 2.36. The summed E-state index contributed by atoms with van der Waals surface area (Å²) in [5.41, 5.74) is 6.01. The molecule has 1 aliphatic rings. The minimum absolute atomic E-state index is 0.0347. The van der Waals surface area contributed by atoms with Gasteiger partial charge in [-0.05, 0) is 76.1 Å². The molecule has 2 amide bonds. The largest absolute Gasteiger partial charge is 0.467 e. The molecular formula is C38H49N5O5. The SMILES string of the molecule is COCCCn1c(C2CCCN(C(=O)C[C@@H](Cc3ccc(-c4cnc(OC)nc4)cc3)NC(=O)OC(C)(C)C)C2)c(C)c2ccccc21. The molecular weight excluding hydrogens is 606 g/mol. The Bertz CT molecular complexity index is 1680. The lowest BCUT2D eigenvalue weighted by Crippen LogP contribution is -2.46. The summed E-state index contributed by atoms with van der Waals surface area (Å²) in [4.78, 5) is 37.3. The second-order valence-corrected chi connectivity index (χ2v) is 13.6. The Hall–Kier alpha value is -4.44. The Morgan fingerprint density at radius 1 is 1.02 bits per heavy atom. The van der Waals surface area contributed by atoms with Gasteiger partial charge in [-0.2, -0.15) is 0 Å². The van der Waals surface area contributed by atoms with E-state index in [4.69, 9.17) is 14.2 Å². The zero-order valence-corrected chi connectivity index (χ0v) is 29.1. The number of aryl methyl sites for hydroxylation is 2. The fraction of sp³-hybridized carbons (Fsp3) is 0.474. The van der Waals surface area contributed by atoms with Gasteiger partial charge in [-0.25, -0.2) is 14.8 Å². The summed E-state index contributed by atoms with van der Waals surface area (Å²) in [6, 6.07) is 16.5. The number of nitrogens with zero attached hydrogens (tertiary/aromatic N) is 4. The van der Waals surface area contributed by atoms with Crippen LogP contribution in [0.15, 0.2) is 60.9 Å². The number of para-hydroxylation sites is 1. The van der Waals surface area contributed by atoms with Crippen molar-refractivity contribution in [2.24, 2.45) is 0 Å². The second-order valence-electron chi connectivity index (χ2n) is 13.6. The molecule has 0 bridgehead atoms. The topological polar surface area (TPSA) is 108 Å². The fourth-order valence-corrected chi connectivity index (χ4v) is 6.73. The number of likely N-dealkylation sites (tertiary alicyclic amines) is 1. The quantitative estimate of drug-likeness (QED) is 0.170. The zero-order chi connectivity index (χ0) is 34.3. The van der Waals surface area contributed by atoms with E-state index >= 15 is 0 Å². The van der Waals surface area contributed by atoms with E-state index in [2.05, 4.69) is 51.0 Å². The molecule has 0 saturated carbocycles. The molecule has 0 aliphatic carbocycles. The third-order valence-electron chi connectivity index (χ3n) is 8.89. The maximum atomic E-state index is 14.0. The molecule has 4 aromatic rings. The average molecular weight is 656 g/mol. The number of methoxy groups -OCH3 is 2. The first-order chi connectivity index (χ1) is 23.1. The van der Waals surface area contributed by atoms with Gasteiger partial charge >= 0.3 is 12.1 Å². The van der Waals surface area contributed by atoms with Gasteiger partial charge in [0, 0.05) is 86.3 Å². The van der Waals surface area contributed by atoms with Crippen LogP contribution in [0.4, 0.5) is 4.79 Å². The van der Waals surface area contributed by atoms with Crippen molar-refractivity contribution < 1.29 is 23.8 Å². The molecule has 10 heteroatoms. The second kappa shape index (κ2) is 15.6. The van der Waals surface area contributed by atoms with Crippen molar-refractivity contribution in [3.05, 3.63) is 77.7 Å². The van der Waals surface area contributed by atoms with E-state index in [0.717, 1.165) is 42.5 Å².